The van der Waals surface area contributed by atoms with Crippen molar-refractivity contribution in [3.8, 4) is 5.75 Å². The van der Waals surface area contributed by atoms with Gasteiger partial charge in [0.2, 0.25) is 10.0 Å². The molecule has 0 saturated carbocycles. The molecule has 0 aromatic heterocycles. The molecule has 0 spiro atoms. The molecule has 1 aliphatic heterocycles. The Morgan fingerprint density at radius 1 is 1.33 bits per heavy atom. The lowest BCUT2D eigenvalue weighted by Gasteiger charge is -2.30. The first-order chi connectivity index (χ1) is 9.98. The largest absolute Gasteiger partial charge is 0.494 e. The molecule has 2 rings (SSSR count). The highest BCUT2D eigenvalue weighted by atomic mass is 32.2. The summed E-state index contributed by atoms with van der Waals surface area (Å²) in [7, 11) is -3.45. The zero-order valence-corrected chi connectivity index (χ0v) is 13.4. The van der Waals surface area contributed by atoms with Crippen LogP contribution < -0.4 is 4.74 Å². The van der Waals surface area contributed by atoms with E-state index in [4.69, 9.17) is 9.84 Å². The molecule has 0 radical (unpaired) electrons. The monoisotopic (exact) mass is 313 g/mol. The molecule has 0 bridgehead atoms. The molecule has 1 saturated heterocycles. The van der Waals surface area contributed by atoms with Gasteiger partial charge in [-0.1, -0.05) is 0 Å². The molecule has 5 nitrogen and oxygen atoms in total. The van der Waals surface area contributed by atoms with Gasteiger partial charge in [0.25, 0.3) is 0 Å². The van der Waals surface area contributed by atoms with E-state index < -0.39 is 10.0 Å². The highest BCUT2D eigenvalue weighted by molar-refractivity contribution is 7.89. The van der Waals surface area contributed by atoms with Crippen LogP contribution in [0, 0.1) is 12.8 Å². The van der Waals surface area contributed by atoms with Gasteiger partial charge >= 0.3 is 0 Å². The zero-order chi connectivity index (χ0) is 15.5. The van der Waals surface area contributed by atoms with E-state index in [1.165, 1.54) is 4.31 Å². The summed E-state index contributed by atoms with van der Waals surface area (Å²) in [4.78, 5) is 0.311. The molecule has 6 heteroatoms. The topological polar surface area (TPSA) is 66.8 Å². The van der Waals surface area contributed by atoms with Crippen LogP contribution >= 0.6 is 0 Å². The summed E-state index contributed by atoms with van der Waals surface area (Å²) in [5.41, 5.74) is 0.822. The van der Waals surface area contributed by atoms with Gasteiger partial charge in [0.15, 0.2) is 0 Å². The number of aliphatic hydroxyl groups excluding tert-OH is 1. The first-order valence-corrected chi connectivity index (χ1v) is 8.77. The third-order valence-electron chi connectivity index (χ3n) is 3.92. The van der Waals surface area contributed by atoms with Crippen LogP contribution in [0.5, 0.6) is 5.75 Å². The molecule has 1 aromatic carbocycles. The van der Waals surface area contributed by atoms with E-state index in [1.54, 1.807) is 18.2 Å². The lowest BCUT2D eigenvalue weighted by atomic mass is 10.00. The molecule has 21 heavy (non-hydrogen) atoms. The number of piperidine rings is 1. The molecule has 1 N–H and O–H groups in total. The van der Waals surface area contributed by atoms with Crippen molar-refractivity contribution in [3.05, 3.63) is 23.8 Å². The first-order valence-electron chi connectivity index (χ1n) is 7.33. The van der Waals surface area contributed by atoms with Gasteiger partial charge < -0.3 is 9.84 Å². The maximum atomic E-state index is 12.6. The van der Waals surface area contributed by atoms with Crippen LogP contribution in [0.2, 0.25) is 0 Å². The van der Waals surface area contributed by atoms with E-state index in [-0.39, 0.29) is 12.5 Å². The molecule has 1 heterocycles. The van der Waals surface area contributed by atoms with E-state index in [0.29, 0.717) is 37.4 Å². The number of rotatable bonds is 5. The molecule has 0 atom stereocenters. The average Bonchev–Trinajstić information content (AvgIpc) is 2.49. The highest BCUT2D eigenvalue weighted by Gasteiger charge is 2.29. The van der Waals surface area contributed by atoms with Crippen LogP contribution in [-0.4, -0.2) is 44.1 Å². The number of benzene rings is 1. The van der Waals surface area contributed by atoms with E-state index in [9.17, 15) is 8.42 Å². The predicted octanol–water partition coefficient (Wildman–Crippen LogP) is 1.79. The minimum absolute atomic E-state index is 0.135. The Kier molecular flexibility index (Phi) is 5.24. The van der Waals surface area contributed by atoms with Crippen molar-refractivity contribution in [2.75, 3.05) is 26.3 Å². The van der Waals surface area contributed by atoms with Gasteiger partial charge in [0.05, 0.1) is 11.5 Å². The van der Waals surface area contributed by atoms with Crippen molar-refractivity contribution in [3.63, 3.8) is 0 Å². The van der Waals surface area contributed by atoms with Crippen LogP contribution in [0.1, 0.15) is 25.3 Å². The second kappa shape index (κ2) is 6.77. The van der Waals surface area contributed by atoms with Crippen LogP contribution in [0.15, 0.2) is 23.1 Å². The van der Waals surface area contributed by atoms with Crippen molar-refractivity contribution >= 4 is 10.0 Å². The molecule has 0 amide bonds. The fraction of sp³-hybridized carbons (Fsp3) is 0.600. The first kappa shape index (κ1) is 16.3. The van der Waals surface area contributed by atoms with Crippen molar-refractivity contribution in [2.24, 2.45) is 5.92 Å². The summed E-state index contributed by atoms with van der Waals surface area (Å²) in [6.45, 7) is 5.38. The molecule has 1 aromatic rings. The number of aliphatic hydroxyl groups is 1. The van der Waals surface area contributed by atoms with E-state index in [1.807, 2.05) is 13.8 Å². The Balaban J connectivity index is 2.18. The summed E-state index contributed by atoms with van der Waals surface area (Å²) in [6, 6.07) is 4.98. The Morgan fingerprint density at radius 2 is 2.00 bits per heavy atom. The Labute approximate surface area is 126 Å². The van der Waals surface area contributed by atoms with Crippen LogP contribution in [0.25, 0.3) is 0 Å². The van der Waals surface area contributed by atoms with E-state index in [2.05, 4.69) is 0 Å². The zero-order valence-electron chi connectivity index (χ0n) is 12.6. The van der Waals surface area contributed by atoms with Gasteiger partial charge in [-0.25, -0.2) is 8.42 Å². The normalized spacial score (nSPS) is 17.9. The third kappa shape index (κ3) is 3.56. The molecular weight excluding hydrogens is 290 g/mol. The van der Waals surface area contributed by atoms with Gasteiger partial charge in [-0.3, -0.25) is 0 Å². The number of hydrogen-bond acceptors (Lipinski definition) is 4. The van der Waals surface area contributed by atoms with Crippen LogP contribution in [0.4, 0.5) is 0 Å². The third-order valence-corrected chi connectivity index (χ3v) is 5.81. The molecule has 118 valence electrons. The number of ether oxygens (including phenoxy) is 1. The molecule has 1 aliphatic rings. The quantitative estimate of drug-likeness (QED) is 0.900. The molecule has 1 fully saturated rings. The SMILES string of the molecule is CCOc1ccc(S(=O)(=O)N2CCC(CO)CC2)cc1C. The smallest absolute Gasteiger partial charge is 0.243 e. The second-order valence-electron chi connectivity index (χ2n) is 5.39. The van der Waals surface area contributed by atoms with Gasteiger partial charge in [0, 0.05) is 19.7 Å². The van der Waals surface area contributed by atoms with Crippen molar-refractivity contribution in [2.45, 2.75) is 31.6 Å². The highest BCUT2D eigenvalue weighted by Crippen LogP contribution is 2.27. The number of aryl methyl sites for hydroxylation is 1. The minimum Gasteiger partial charge on any atom is -0.494 e. The summed E-state index contributed by atoms with van der Waals surface area (Å²) >= 11 is 0. The Morgan fingerprint density at radius 3 is 2.52 bits per heavy atom. The van der Waals surface area contributed by atoms with E-state index in [0.717, 1.165) is 11.3 Å². The Bertz CT molecular complexity index is 577. The van der Waals surface area contributed by atoms with Crippen molar-refractivity contribution in [1.82, 2.24) is 4.31 Å². The number of sulfonamides is 1. The van der Waals surface area contributed by atoms with Gasteiger partial charge in [-0.2, -0.15) is 4.31 Å². The maximum Gasteiger partial charge on any atom is 0.243 e. The summed E-state index contributed by atoms with van der Waals surface area (Å²) in [6.07, 6.45) is 1.43. The summed E-state index contributed by atoms with van der Waals surface area (Å²) in [5, 5.41) is 9.13. The summed E-state index contributed by atoms with van der Waals surface area (Å²) < 4.78 is 32.2. The number of nitrogens with zero attached hydrogens (tertiary/aromatic N) is 1. The van der Waals surface area contributed by atoms with E-state index >= 15 is 0 Å². The lowest BCUT2D eigenvalue weighted by Crippen LogP contribution is -2.39. The van der Waals surface area contributed by atoms with Crippen LogP contribution in [-0.2, 0) is 10.0 Å². The maximum absolute atomic E-state index is 12.6. The average molecular weight is 313 g/mol. The molecule has 0 unspecified atom stereocenters. The standard InChI is InChI=1S/C15H23NO4S/c1-3-20-15-5-4-14(10-12(15)2)21(18,19)16-8-6-13(11-17)7-9-16/h4-5,10,13,17H,3,6-9,11H2,1-2H3. The van der Waals surface area contributed by atoms with Crippen molar-refractivity contribution in [1.29, 1.82) is 0 Å². The summed E-state index contributed by atoms with van der Waals surface area (Å²) in [5.74, 6) is 0.939. The second-order valence-corrected chi connectivity index (χ2v) is 7.33. The van der Waals surface area contributed by atoms with Gasteiger partial charge in [-0.05, 0) is 56.4 Å². The van der Waals surface area contributed by atoms with Gasteiger partial charge in [0.1, 0.15) is 5.75 Å². The van der Waals surface area contributed by atoms with Crippen LogP contribution in [0.3, 0.4) is 0 Å². The van der Waals surface area contributed by atoms with Gasteiger partial charge in [-0.15, -0.1) is 0 Å². The fourth-order valence-electron chi connectivity index (χ4n) is 2.58. The molecular formula is C15H23NO4S. The molecule has 0 aliphatic carbocycles. The fourth-order valence-corrected chi connectivity index (χ4v) is 4.14. The lowest BCUT2D eigenvalue weighted by molar-refractivity contribution is 0.170. The minimum atomic E-state index is -3.45. The Hall–Kier alpha value is -1.11. The van der Waals surface area contributed by atoms with Crippen molar-refractivity contribution < 1.29 is 18.3 Å². The predicted molar refractivity (Wildman–Crippen MR) is 80.9 cm³/mol. The number of hydrogen-bond donors (Lipinski definition) is 1.